The lowest BCUT2D eigenvalue weighted by Gasteiger charge is -2.09. The van der Waals surface area contributed by atoms with E-state index in [4.69, 9.17) is 0 Å². The molecule has 1 fully saturated rings. The number of amides is 2. The second-order valence-corrected chi connectivity index (χ2v) is 5.46. The maximum atomic E-state index is 11.5. The molecule has 1 aliphatic rings. The zero-order valence-corrected chi connectivity index (χ0v) is 11.0. The smallest absolute Gasteiger partial charge is 0.286 e. The first kappa shape index (κ1) is 12.8. The quantitative estimate of drug-likeness (QED) is 0.848. The molecular formula is C13H13NO3S. The summed E-state index contributed by atoms with van der Waals surface area (Å²) in [4.78, 5) is 33.8. The van der Waals surface area contributed by atoms with Crippen LogP contribution in [0.25, 0.3) is 0 Å². The van der Waals surface area contributed by atoms with Gasteiger partial charge in [-0.15, -0.1) is 0 Å². The molecule has 94 valence electrons. The number of hydrogen-bond acceptors (Lipinski definition) is 4. The third kappa shape index (κ3) is 2.61. The Bertz CT molecular complexity index is 539. The SMILES string of the molecule is CC(=O)c1ccc(CC2SC(=O)NC2=O)c(C)c1. The standard InChI is InChI=1S/C13H13NO3S/c1-7-5-10(8(2)15)4-3-9(7)6-11-12(16)14-13(17)18-11/h3-5,11H,6H2,1-2H3,(H,14,16,17). The van der Waals surface area contributed by atoms with Gasteiger partial charge < -0.3 is 0 Å². The molecule has 1 aromatic carbocycles. The molecule has 1 atom stereocenters. The first-order valence-electron chi connectivity index (χ1n) is 5.59. The van der Waals surface area contributed by atoms with E-state index in [1.807, 2.05) is 19.1 Å². The molecule has 0 radical (unpaired) electrons. The van der Waals surface area contributed by atoms with Gasteiger partial charge in [0.2, 0.25) is 5.91 Å². The van der Waals surface area contributed by atoms with Crippen molar-refractivity contribution >= 4 is 28.7 Å². The van der Waals surface area contributed by atoms with Gasteiger partial charge in [0.1, 0.15) is 0 Å². The fourth-order valence-corrected chi connectivity index (χ4v) is 2.72. The fourth-order valence-electron chi connectivity index (χ4n) is 1.87. The summed E-state index contributed by atoms with van der Waals surface area (Å²) in [5, 5.41) is 1.62. The second-order valence-electron chi connectivity index (χ2n) is 4.28. The molecule has 0 bridgehead atoms. The summed E-state index contributed by atoms with van der Waals surface area (Å²) < 4.78 is 0. The lowest BCUT2D eigenvalue weighted by Crippen LogP contribution is -2.25. The highest BCUT2D eigenvalue weighted by Gasteiger charge is 2.31. The summed E-state index contributed by atoms with van der Waals surface area (Å²) >= 11 is 1.02. The molecule has 0 aromatic heterocycles. The maximum Gasteiger partial charge on any atom is 0.286 e. The number of imide groups is 1. The molecule has 1 aliphatic heterocycles. The first-order valence-corrected chi connectivity index (χ1v) is 6.47. The number of aryl methyl sites for hydroxylation is 1. The van der Waals surface area contributed by atoms with Crippen LogP contribution in [0, 0.1) is 6.92 Å². The molecule has 18 heavy (non-hydrogen) atoms. The van der Waals surface area contributed by atoms with E-state index in [0.717, 1.165) is 22.9 Å². The van der Waals surface area contributed by atoms with Crippen molar-refractivity contribution in [2.45, 2.75) is 25.5 Å². The van der Waals surface area contributed by atoms with Crippen molar-refractivity contribution < 1.29 is 14.4 Å². The Balaban J connectivity index is 2.17. The molecule has 1 unspecified atom stereocenters. The van der Waals surface area contributed by atoms with Gasteiger partial charge in [0, 0.05) is 5.56 Å². The molecule has 0 spiro atoms. The molecule has 0 aliphatic carbocycles. The topological polar surface area (TPSA) is 63.2 Å². The van der Waals surface area contributed by atoms with Crippen molar-refractivity contribution in [1.29, 1.82) is 0 Å². The third-order valence-electron chi connectivity index (χ3n) is 2.92. The number of ketones is 1. The summed E-state index contributed by atoms with van der Waals surface area (Å²) in [5.41, 5.74) is 2.62. The average Bonchev–Trinajstić information content (AvgIpc) is 2.60. The minimum atomic E-state index is -0.362. The molecule has 5 heteroatoms. The van der Waals surface area contributed by atoms with Gasteiger partial charge in [0.05, 0.1) is 5.25 Å². The molecular weight excluding hydrogens is 250 g/mol. The molecule has 1 aromatic rings. The van der Waals surface area contributed by atoms with Crippen molar-refractivity contribution in [1.82, 2.24) is 5.32 Å². The van der Waals surface area contributed by atoms with Gasteiger partial charge in [-0.05, 0) is 37.5 Å². The zero-order chi connectivity index (χ0) is 13.3. The zero-order valence-electron chi connectivity index (χ0n) is 10.1. The maximum absolute atomic E-state index is 11.5. The van der Waals surface area contributed by atoms with E-state index >= 15 is 0 Å². The number of carbonyl (C=O) groups excluding carboxylic acids is 3. The Kier molecular flexibility index (Phi) is 3.52. The molecule has 1 N–H and O–H groups in total. The van der Waals surface area contributed by atoms with Crippen LogP contribution >= 0.6 is 11.8 Å². The van der Waals surface area contributed by atoms with Crippen molar-refractivity contribution in [2.75, 3.05) is 0 Å². The average molecular weight is 263 g/mol. The summed E-state index contributed by atoms with van der Waals surface area (Å²) in [7, 11) is 0. The monoisotopic (exact) mass is 263 g/mol. The van der Waals surface area contributed by atoms with E-state index in [1.54, 1.807) is 6.07 Å². The van der Waals surface area contributed by atoms with E-state index in [2.05, 4.69) is 5.32 Å². The highest BCUT2D eigenvalue weighted by Crippen LogP contribution is 2.24. The lowest BCUT2D eigenvalue weighted by molar-refractivity contribution is -0.118. The van der Waals surface area contributed by atoms with Crippen LogP contribution in [0.3, 0.4) is 0 Å². The Morgan fingerprint density at radius 1 is 1.39 bits per heavy atom. The van der Waals surface area contributed by atoms with Gasteiger partial charge in [-0.25, -0.2) is 0 Å². The Labute approximate surface area is 109 Å². The van der Waals surface area contributed by atoms with Crippen LogP contribution in [0.15, 0.2) is 18.2 Å². The van der Waals surface area contributed by atoms with E-state index < -0.39 is 0 Å². The second kappa shape index (κ2) is 4.94. The number of carbonyl (C=O) groups is 3. The Hall–Kier alpha value is -1.62. The van der Waals surface area contributed by atoms with Crippen LogP contribution in [-0.2, 0) is 11.2 Å². The molecule has 1 saturated heterocycles. The van der Waals surface area contributed by atoms with Gasteiger partial charge in [-0.2, -0.15) is 0 Å². The molecule has 2 rings (SSSR count). The first-order chi connectivity index (χ1) is 8.47. The summed E-state index contributed by atoms with van der Waals surface area (Å²) in [5.74, 6) is -0.215. The van der Waals surface area contributed by atoms with Crippen LogP contribution in [0.2, 0.25) is 0 Å². The summed E-state index contributed by atoms with van der Waals surface area (Å²) in [6, 6.07) is 5.42. The van der Waals surface area contributed by atoms with Crippen molar-refractivity contribution in [3.8, 4) is 0 Å². The molecule has 1 heterocycles. The Morgan fingerprint density at radius 3 is 2.61 bits per heavy atom. The Morgan fingerprint density at radius 2 is 2.11 bits per heavy atom. The van der Waals surface area contributed by atoms with Crippen molar-refractivity contribution in [2.24, 2.45) is 0 Å². The molecule has 4 nitrogen and oxygen atoms in total. The number of rotatable bonds is 3. The van der Waals surface area contributed by atoms with Crippen LogP contribution in [0.4, 0.5) is 4.79 Å². The number of nitrogens with one attached hydrogen (secondary N) is 1. The van der Waals surface area contributed by atoms with E-state index in [0.29, 0.717) is 12.0 Å². The normalized spacial score (nSPS) is 18.9. The van der Waals surface area contributed by atoms with Crippen LogP contribution in [0.1, 0.15) is 28.4 Å². The van der Waals surface area contributed by atoms with E-state index in [9.17, 15) is 14.4 Å². The predicted molar refractivity (Wildman–Crippen MR) is 69.8 cm³/mol. The van der Waals surface area contributed by atoms with Crippen molar-refractivity contribution in [3.05, 3.63) is 34.9 Å². The van der Waals surface area contributed by atoms with Crippen LogP contribution in [0.5, 0.6) is 0 Å². The van der Waals surface area contributed by atoms with Crippen LogP contribution < -0.4 is 5.32 Å². The van der Waals surface area contributed by atoms with Gasteiger partial charge >= 0.3 is 0 Å². The highest BCUT2D eigenvalue weighted by molar-refractivity contribution is 8.15. The number of Topliss-reactive ketones (excluding diaryl/α,β-unsaturated/α-hetero) is 1. The third-order valence-corrected chi connectivity index (χ3v) is 3.90. The minimum absolute atomic E-state index is 0.0211. The predicted octanol–water partition coefficient (Wildman–Crippen LogP) is 2.09. The van der Waals surface area contributed by atoms with Gasteiger partial charge in [0.25, 0.3) is 5.24 Å². The number of benzene rings is 1. The van der Waals surface area contributed by atoms with Crippen LogP contribution in [-0.4, -0.2) is 22.2 Å². The number of hydrogen-bond donors (Lipinski definition) is 1. The number of thioether (sulfide) groups is 1. The molecule has 0 saturated carbocycles. The lowest BCUT2D eigenvalue weighted by atomic mass is 9.99. The van der Waals surface area contributed by atoms with Gasteiger partial charge in [0.15, 0.2) is 5.78 Å². The summed E-state index contributed by atoms with van der Waals surface area (Å²) in [6.45, 7) is 3.43. The van der Waals surface area contributed by atoms with Gasteiger partial charge in [-0.3, -0.25) is 19.7 Å². The minimum Gasteiger partial charge on any atom is -0.295 e. The summed E-state index contributed by atoms with van der Waals surface area (Å²) in [6.07, 6.45) is 0.506. The highest BCUT2D eigenvalue weighted by atomic mass is 32.2. The van der Waals surface area contributed by atoms with E-state index in [1.165, 1.54) is 6.92 Å². The van der Waals surface area contributed by atoms with Crippen molar-refractivity contribution in [3.63, 3.8) is 0 Å². The molecule has 2 amide bonds. The van der Waals surface area contributed by atoms with E-state index in [-0.39, 0.29) is 22.2 Å². The fraction of sp³-hybridized carbons (Fsp3) is 0.308. The van der Waals surface area contributed by atoms with Gasteiger partial charge in [-0.1, -0.05) is 23.9 Å². The largest absolute Gasteiger partial charge is 0.295 e.